The Kier molecular flexibility index (Phi) is 1.65. The molecule has 0 spiro atoms. The molecule has 0 aromatic carbocycles. The fraction of sp³-hybridized carbons (Fsp3) is 1.00. The molecular formula is C5H14N2. The molecule has 1 aliphatic rings. The SMILES string of the molecule is CNC1CCNC1.[HH]. The molecule has 0 radical (unpaired) electrons. The molecule has 0 bridgehead atoms. The molecule has 1 aliphatic heterocycles. The summed E-state index contributed by atoms with van der Waals surface area (Å²) in [6, 6.07) is 0.736. The summed E-state index contributed by atoms with van der Waals surface area (Å²) >= 11 is 0. The van der Waals surface area contributed by atoms with Gasteiger partial charge >= 0.3 is 0 Å². The second-order valence-corrected chi connectivity index (χ2v) is 1.98. The van der Waals surface area contributed by atoms with Crippen molar-refractivity contribution in [2.45, 2.75) is 12.5 Å². The van der Waals surface area contributed by atoms with E-state index in [1.54, 1.807) is 0 Å². The maximum atomic E-state index is 3.26. The Hall–Kier alpha value is -0.0800. The van der Waals surface area contributed by atoms with Gasteiger partial charge in [0.15, 0.2) is 0 Å². The van der Waals surface area contributed by atoms with Gasteiger partial charge in [0, 0.05) is 14.0 Å². The van der Waals surface area contributed by atoms with E-state index in [1.807, 2.05) is 7.05 Å². The molecule has 2 nitrogen and oxygen atoms in total. The summed E-state index contributed by atoms with van der Waals surface area (Å²) in [6.07, 6.45) is 1.29. The van der Waals surface area contributed by atoms with Crippen molar-refractivity contribution >= 4 is 0 Å². The first-order valence-corrected chi connectivity index (χ1v) is 2.81. The fourth-order valence-corrected chi connectivity index (χ4v) is 0.901. The Balaban J connectivity index is 0.000000490. The number of rotatable bonds is 1. The van der Waals surface area contributed by atoms with Crippen molar-refractivity contribution in [1.29, 1.82) is 0 Å². The molecule has 7 heavy (non-hydrogen) atoms. The quantitative estimate of drug-likeness (QED) is 0.479. The molecule has 0 amide bonds. The van der Waals surface area contributed by atoms with Crippen molar-refractivity contribution in [2.24, 2.45) is 0 Å². The van der Waals surface area contributed by atoms with E-state index in [0.29, 0.717) is 0 Å². The van der Waals surface area contributed by atoms with Crippen LogP contribution in [0.3, 0.4) is 0 Å². The highest BCUT2D eigenvalue weighted by Crippen LogP contribution is 1.93. The highest BCUT2D eigenvalue weighted by atomic mass is 15.0. The predicted octanol–water partition coefficient (Wildman–Crippen LogP) is -0.186. The third-order valence-corrected chi connectivity index (χ3v) is 1.47. The van der Waals surface area contributed by atoms with Crippen LogP contribution in [0.1, 0.15) is 7.85 Å². The summed E-state index contributed by atoms with van der Waals surface area (Å²) in [5.74, 6) is 0. The molecule has 0 aromatic rings. The van der Waals surface area contributed by atoms with E-state index < -0.39 is 0 Å². The molecule has 2 N–H and O–H groups in total. The van der Waals surface area contributed by atoms with E-state index in [4.69, 9.17) is 0 Å². The van der Waals surface area contributed by atoms with Gasteiger partial charge in [-0.1, -0.05) is 0 Å². The minimum atomic E-state index is 0. The van der Waals surface area contributed by atoms with Crippen molar-refractivity contribution in [2.75, 3.05) is 20.1 Å². The minimum Gasteiger partial charge on any atom is -0.316 e. The average molecular weight is 102 g/mol. The molecule has 0 saturated carbocycles. The lowest BCUT2D eigenvalue weighted by Gasteiger charge is -2.02. The number of likely N-dealkylation sites (N-methyl/N-ethyl adjacent to an activating group) is 1. The Labute approximate surface area is 45.8 Å². The molecule has 1 fully saturated rings. The van der Waals surface area contributed by atoms with E-state index in [0.717, 1.165) is 12.6 Å². The Morgan fingerprint density at radius 3 is 3.00 bits per heavy atom. The maximum Gasteiger partial charge on any atom is 0.0201 e. The summed E-state index contributed by atoms with van der Waals surface area (Å²) in [5, 5.41) is 6.46. The maximum absolute atomic E-state index is 3.26. The normalized spacial score (nSPS) is 31.3. The summed E-state index contributed by atoms with van der Waals surface area (Å²) in [6.45, 7) is 2.34. The van der Waals surface area contributed by atoms with Gasteiger partial charge in [-0.25, -0.2) is 0 Å². The van der Waals surface area contributed by atoms with E-state index in [9.17, 15) is 0 Å². The lowest BCUT2D eigenvalue weighted by atomic mass is 10.3. The Morgan fingerprint density at radius 1 is 1.86 bits per heavy atom. The van der Waals surface area contributed by atoms with E-state index in [2.05, 4.69) is 10.6 Å². The van der Waals surface area contributed by atoms with Crippen LogP contribution in [0.4, 0.5) is 0 Å². The van der Waals surface area contributed by atoms with Gasteiger partial charge in [0.2, 0.25) is 0 Å². The second-order valence-electron chi connectivity index (χ2n) is 1.98. The molecule has 0 aromatic heterocycles. The zero-order valence-electron chi connectivity index (χ0n) is 4.70. The summed E-state index contributed by atoms with van der Waals surface area (Å²) in [4.78, 5) is 0. The molecule has 2 heteroatoms. The highest BCUT2D eigenvalue weighted by molar-refractivity contribution is 4.74. The van der Waals surface area contributed by atoms with Gasteiger partial charge in [-0.2, -0.15) is 0 Å². The van der Waals surface area contributed by atoms with Crippen LogP contribution >= 0.6 is 0 Å². The first-order chi connectivity index (χ1) is 3.43. The average Bonchev–Trinajstić information content (AvgIpc) is 2.14. The number of nitrogens with one attached hydrogen (secondary N) is 2. The molecular weight excluding hydrogens is 88.1 g/mol. The summed E-state index contributed by atoms with van der Waals surface area (Å²) < 4.78 is 0. The zero-order valence-corrected chi connectivity index (χ0v) is 4.70. The van der Waals surface area contributed by atoms with Gasteiger partial charge in [-0.05, 0) is 20.0 Å². The molecule has 1 heterocycles. The third-order valence-electron chi connectivity index (χ3n) is 1.47. The largest absolute Gasteiger partial charge is 0.316 e. The van der Waals surface area contributed by atoms with Crippen LogP contribution in [-0.2, 0) is 0 Å². The van der Waals surface area contributed by atoms with Gasteiger partial charge in [0.05, 0.1) is 0 Å². The van der Waals surface area contributed by atoms with E-state index in [1.165, 1.54) is 13.0 Å². The lowest BCUT2D eigenvalue weighted by molar-refractivity contribution is 0.611. The van der Waals surface area contributed by atoms with Gasteiger partial charge < -0.3 is 10.6 Å². The molecule has 1 atom stereocenters. The highest BCUT2D eigenvalue weighted by Gasteiger charge is 2.09. The summed E-state index contributed by atoms with van der Waals surface area (Å²) in [7, 11) is 2.01. The second kappa shape index (κ2) is 2.28. The van der Waals surface area contributed by atoms with Crippen LogP contribution in [0.5, 0.6) is 0 Å². The molecule has 44 valence electrons. The lowest BCUT2D eigenvalue weighted by Crippen LogP contribution is -2.26. The molecule has 1 unspecified atom stereocenters. The monoisotopic (exact) mass is 102 g/mol. The first-order valence-electron chi connectivity index (χ1n) is 2.81. The topological polar surface area (TPSA) is 24.1 Å². The van der Waals surface area contributed by atoms with Crippen LogP contribution in [0, 0.1) is 0 Å². The standard InChI is InChI=1S/C5H12N2.H2/c1-6-5-2-3-7-4-5;/h5-7H,2-4H2,1H3;1H. The van der Waals surface area contributed by atoms with Crippen molar-refractivity contribution < 1.29 is 1.43 Å². The van der Waals surface area contributed by atoms with Crippen LogP contribution in [0.25, 0.3) is 0 Å². The molecule has 0 aliphatic carbocycles. The van der Waals surface area contributed by atoms with Gasteiger partial charge in [-0.3, -0.25) is 0 Å². The van der Waals surface area contributed by atoms with Crippen molar-refractivity contribution in [3.8, 4) is 0 Å². The van der Waals surface area contributed by atoms with Crippen molar-refractivity contribution in [3.05, 3.63) is 0 Å². The van der Waals surface area contributed by atoms with Gasteiger partial charge in [0.25, 0.3) is 0 Å². The third kappa shape index (κ3) is 1.14. The van der Waals surface area contributed by atoms with Gasteiger partial charge in [-0.15, -0.1) is 0 Å². The van der Waals surface area contributed by atoms with Crippen LogP contribution in [0.2, 0.25) is 0 Å². The molecule has 1 saturated heterocycles. The van der Waals surface area contributed by atoms with Crippen LogP contribution in [-0.4, -0.2) is 26.2 Å². The fourth-order valence-electron chi connectivity index (χ4n) is 0.901. The van der Waals surface area contributed by atoms with Gasteiger partial charge in [0.1, 0.15) is 0 Å². The Bertz CT molecular complexity index is 52.4. The minimum absolute atomic E-state index is 0. The van der Waals surface area contributed by atoms with Crippen molar-refractivity contribution in [1.82, 2.24) is 10.6 Å². The van der Waals surface area contributed by atoms with Crippen LogP contribution < -0.4 is 10.6 Å². The predicted molar refractivity (Wildman–Crippen MR) is 32.4 cm³/mol. The van der Waals surface area contributed by atoms with E-state index in [-0.39, 0.29) is 1.43 Å². The number of hydrogen-bond donors (Lipinski definition) is 2. The zero-order chi connectivity index (χ0) is 5.11. The number of hydrogen-bond acceptors (Lipinski definition) is 2. The Morgan fingerprint density at radius 2 is 2.71 bits per heavy atom. The van der Waals surface area contributed by atoms with Crippen molar-refractivity contribution in [3.63, 3.8) is 0 Å². The summed E-state index contributed by atoms with van der Waals surface area (Å²) in [5.41, 5.74) is 0. The first kappa shape index (κ1) is 5.06. The van der Waals surface area contributed by atoms with E-state index >= 15 is 0 Å². The smallest absolute Gasteiger partial charge is 0.0201 e. The molecule has 1 rings (SSSR count). The van der Waals surface area contributed by atoms with Crippen LogP contribution in [0.15, 0.2) is 0 Å².